The predicted molar refractivity (Wildman–Crippen MR) is 110 cm³/mol. The number of aryl methyl sites for hydroxylation is 2. The number of rotatable bonds is 4. The lowest BCUT2D eigenvalue weighted by Gasteiger charge is -2.08. The number of carbonyl (C=O) groups excluding carboxylic acids is 2. The molecule has 0 radical (unpaired) electrons. The van der Waals surface area contributed by atoms with Gasteiger partial charge in [0.15, 0.2) is 0 Å². The molecule has 0 bridgehead atoms. The van der Waals surface area contributed by atoms with Gasteiger partial charge in [-0.05, 0) is 49.2 Å². The van der Waals surface area contributed by atoms with Gasteiger partial charge in [0.1, 0.15) is 6.04 Å². The maximum Gasteiger partial charge on any atom is 0.252 e. The van der Waals surface area contributed by atoms with E-state index in [0.29, 0.717) is 5.69 Å². The molecule has 2 aromatic carbocycles. The van der Waals surface area contributed by atoms with Gasteiger partial charge >= 0.3 is 0 Å². The number of para-hydroxylation sites is 1. The lowest BCUT2D eigenvalue weighted by atomic mass is 10.1. The Labute approximate surface area is 163 Å². The van der Waals surface area contributed by atoms with Crippen molar-refractivity contribution in [3.8, 4) is 0 Å². The van der Waals surface area contributed by atoms with Crippen LogP contribution in [-0.2, 0) is 9.59 Å². The van der Waals surface area contributed by atoms with E-state index >= 15 is 0 Å². The van der Waals surface area contributed by atoms with Gasteiger partial charge in [-0.1, -0.05) is 24.3 Å². The van der Waals surface area contributed by atoms with Crippen LogP contribution in [0.4, 0.5) is 11.4 Å². The number of nitrogens with two attached hydrogens (primary N) is 1. The van der Waals surface area contributed by atoms with Crippen molar-refractivity contribution < 1.29 is 9.59 Å². The number of nitrogens with one attached hydrogen (secondary N) is 3. The molecule has 2 aromatic rings. The van der Waals surface area contributed by atoms with E-state index in [1.165, 1.54) is 0 Å². The molecule has 1 aliphatic heterocycles. The minimum absolute atomic E-state index is 0.0786. The first-order valence-electron chi connectivity index (χ1n) is 8.83. The monoisotopic (exact) mass is 378 g/mol. The summed E-state index contributed by atoms with van der Waals surface area (Å²) in [6, 6.07) is 14.1. The molecule has 0 aliphatic carbocycles. The second kappa shape index (κ2) is 8.34. The van der Waals surface area contributed by atoms with Crippen LogP contribution in [-0.4, -0.2) is 29.8 Å². The summed E-state index contributed by atoms with van der Waals surface area (Å²) in [7, 11) is 0. The van der Waals surface area contributed by atoms with Crippen LogP contribution in [0.5, 0.6) is 0 Å². The highest BCUT2D eigenvalue weighted by atomic mass is 16.2. The van der Waals surface area contributed by atoms with Gasteiger partial charge in [-0.15, -0.1) is 0 Å². The molecule has 0 spiro atoms. The third kappa shape index (κ3) is 4.94. The Balaban J connectivity index is 1.60. The van der Waals surface area contributed by atoms with Crippen LogP contribution >= 0.6 is 0 Å². The molecule has 2 amide bonds. The summed E-state index contributed by atoms with van der Waals surface area (Å²) >= 11 is 0. The van der Waals surface area contributed by atoms with Crippen molar-refractivity contribution in [2.45, 2.75) is 26.3 Å². The zero-order valence-corrected chi connectivity index (χ0v) is 15.7. The molecule has 3 rings (SSSR count). The van der Waals surface area contributed by atoms with Crippen molar-refractivity contribution in [1.82, 2.24) is 5.32 Å². The van der Waals surface area contributed by atoms with Gasteiger partial charge in [0.25, 0.3) is 5.91 Å². The molecule has 0 aromatic heterocycles. The van der Waals surface area contributed by atoms with E-state index in [0.717, 1.165) is 16.8 Å². The molecule has 1 atom stereocenters. The number of carbonyl (C=O) groups is 2. The van der Waals surface area contributed by atoms with E-state index in [-0.39, 0.29) is 30.2 Å². The summed E-state index contributed by atoms with van der Waals surface area (Å²) in [5, 5.41) is 8.21. The first kappa shape index (κ1) is 19.1. The average molecular weight is 378 g/mol. The van der Waals surface area contributed by atoms with Gasteiger partial charge in [-0.3, -0.25) is 14.9 Å². The summed E-state index contributed by atoms with van der Waals surface area (Å²) in [4.78, 5) is 32.5. The van der Waals surface area contributed by atoms with Crippen LogP contribution in [0.2, 0.25) is 0 Å². The van der Waals surface area contributed by atoms with E-state index in [1.807, 2.05) is 62.4 Å². The molecule has 8 heteroatoms. The summed E-state index contributed by atoms with van der Waals surface area (Å²) in [6.07, 6.45) is -0.0796. The fourth-order valence-corrected chi connectivity index (χ4v) is 2.65. The van der Waals surface area contributed by atoms with Crippen LogP contribution in [0.1, 0.15) is 17.5 Å². The molecule has 0 saturated carbocycles. The molecular formula is C20H22N6O2. The fourth-order valence-electron chi connectivity index (χ4n) is 2.65. The van der Waals surface area contributed by atoms with Gasteiger partial charge in [0.2, 0.25) is 17.8 Å². The lowest BCUT2D eigenvalue weighted by molar-refractivity contribution is -0.123. The first-order chi connectivity index (χ1) is 13.4. The molecule has 1 aliphatic rings. The van der Waals surface area contributed by atoms with Gasteiger partial charge in [0, 0.05) is 11.4 Å². The maximum absolute atomic E-state index is 12.2. The summed E-state index contributed by atoms with van der Waals surface area (Å²) in [5.41, 5.74) is 9.50. The Morgan fingerprint density at radius 2 is 1.86 bits per heavy atom. The molecule has 1 heterocycles. The summed E-state index contributed by atoms with van der Waals surface area (Å²) in [5.74, 6) is -0.519. The number of anilines is 2. The van der Waals surface area contributed by atoms with Crippen molar-refractivity contribution in [3.05, 3.63) is 59.7 Å². The zero-order chi connectivity index (χ0) is 20.1. The third-order valence-electron chi connectivity index (χ3n) is 4.26. The second-order valence-corrected chi connectivity index (χ2v) is 6.50. The smallest absolute Gasteiger partial charge is 0.252 e. The third-order valence-corrected chi connectivity index (χ3v) is 4.26. The quantitative estimate of drug-likeness (QED) is 0.480. The van der Waals surface area contributed by atoms with Crippen LogP contribution in [0, 0.1) is 13.8 Å². The molecule has 0 fully saturated rings. The van der Waals surface area contributed by atoms with E-state index < -0.39 is 6.04 Å². The number of nitrogens with zero attached hydrogens (tertiary/aromatic N) is 2. The number of hydrogen-bond acceptors (Lipinski definition) is 4. The minimum atomic E-state index is -0.838. The average Bonchev–Trinajstić information content (AvgIpc) is 2.97. The molecule has 8 nitrogen and oxygen atoms in total. The standard InChI is InChI=1S/C20H22N6O2/c1-12-8-9-15(10-13(12)2)22-17(27)11-16-18(28)25-20(24-16)26-19(21)23-14-6-4-3-5-7-14/h3-10,16H,11H2,1-2H3,(H,22,27)(H4,21,23,24,25,26,28)/t16-/m0/s1. The van der Waals surface area contributed by atoms with E-state index in [4.69, 9.17) is 5.73 Å². The normalized spacial score (nSPS) is 16.4. The molecule has 0 unspecified atom stereocenters. The minimum Gasteiger partial charge on any atom is -0.369 e. The van der Waals surface area contributed by atoms with Crippen LogP contribution in [0.15, 0.2) is 58.5 Å². The van der Waals surface area contributed by atoms with Crippen LogP contribution < -0.4 is 21.7 Å². The Morgan fingerprint density at radius 1 is 1.11 bits per heavy atom. The van der Waals surface area contributed by atoms with Crippen LogP contribution in [0.25, 0.3) is 0 Å². The predicted octanol–water partition coefficient (Wildman–Crippen LogP) is 1.91. The molecule has 0 saturated heterocycles. The van der Waals surface area contributed by atoms with Crippen LogP contribution in [0.3, 0.4) is 0 Å². The molecule has 5 N–H and O–H groups in total. The van der Waals surface area contributed by atoms with Gasteiger partial charge in [-0.2, -0.15) is 4.99 Å². The highest BCUT2D eigenvalue weighted by Crippen LogP contribution is 2.15. The van der Waals surface area contributed by atoms with E-state index in [9.17, 15) is 9.59 Å². The highest BCUT2D eigenvalue weighted by molar-refractivity contribution is 6.11. The van der Waals surface area contributed by atoms with Gasteiger partial charge in [0.05, 0.1) is 6.42 Å². The first-order valence-corrected chi connectivity index (χ1v) is 8.83. The Kier molecular flexibility index (Phi) is 5.69. The molecule has 28 heavy (non-hydrogen) atoms. The largest absolute Gasteiger partial charge is 0.369 e. The number of aliphatic imine (C=N–C) groups is 2. The SMILES string of the molecule is Cc1ccc(NC(=O)C[C@@H]2N=C(N=C(N)Nc3ccccc3)NC2=O)cc1C. The second-order valence-electron chi connectivity index (χ2n) is 6.50. The highest BCUT2D eigenvalue weighted by Gasteiger charge is 2.28. The molecule has 144 valence electrons. The number of hydrogen-bond donors (Lipinski definition) is 4. The lowest BCUT2D eigenvalue weighted by Crippen LogP contribution is -2.32. The topological polar surface area (TPSA) is 121 Å². The fraction of sp³-hybridized carbons (Fsp3) is 0.200. The number of benzene rings is 2. The Morgan fingerprint density at radius 3 is 2.57 bits per heavy atom. The Hall–Kier alpha value is -3.68. The summed E-state index contributed by atoms with van der Waals surface area (Å²) in [6.45, 7) is 3.97. The van der Waals surface area contributed by atoms with Crippen molar-refractivity contribution in [3.63, 3.8) is 0 Å². The van der Waals surface area contributed by atoms with E-state index in [2.05, 4.69) is 25.9 Å². The van der Waals surface area contributed by atoms with Gasteiger partial charge < -0.3 is 16.4 Å². The maximum atomic E-state index is 12.2. The van der Waals surface area contributed by atoms with Crippen molar-refractivity contribution >= 4 is 35.1 Å². The summed E-state index contributed by atoms with van der Waals surface area (Å²) < 4.78 is 0. The zero-order valence-electron chi connectivity index (χ0n) is 15.7. The van der Waals surface area contributed by atoms with Gasteiger partial charge in [-0.25, -0.2) is 4.99 Å². The van der Waals surface area contributed by atoms with Crippen molar-refractivity contribution in [1.29, 1.82) is 0 Å². The van der Waals surface area contributed by atoms with Crippen molar-refractivity contribution in [2.24, 2.45) is 15.7 Å². The number of amides is 2. The van der Waals surface area contributed by atoms with E-state index in [1.54, 1.807) is 0 Å². The Bertz CT molecular complexity index is 952. The van der Waals surface area contributed by atoms with Crippen molar-refractivity contribution in [2.75, 3.05) is 10.6 Å². The number of guanidine groups is 2. The molecular weight excluding hydrogens is 356 g/mol.